The fraction of sp³-hybridized carbons (Fsp3) is 0.0769. The number of H-pyrrole nitrogens is 1. The van der Waals surface area contributed by atoms with Crippen molar-refractivity contribution in [1.29, 1.82) is 0 Å². The molecule has 1 aromatic heterocycles. The highest BCUT2D eigenvalue weighted by Crippen LogP contribution is 2.38. The minimum atomic E-state index is -0.480. The number of hydrogen-bond donors (Lipinski definition) is 2. The molecule has 0 atom stereocenters. The van der Waals surface area contributed by atoms with Crippen LogP contribution in [0.25, 0.3) is 11.1 Å². The molecular formula is C13H10N4O3. The first kappa shape index (κ1) is 12.1. The van der Waals surface area contributed by atoms with Crippen molar-refractivity contribution in [1.82, 2.24) is 9.97 Å². The molecule has 1 aliphatic heterocycles. The maximum atomic E-state index is 12.1. The van der Waals surface area contributed by atoms with Crippen LogP contribution < -0.4 is 5.32 Å². The van der Waals surface area contributed by atoms with Crippen molar-refractivity contribution in [3.05, 3.63) is 52.1 Å². The van der Waals surface area contributed by atoms with Gasteiger partial charge in [0.05, 0.1) is 28.7 Å². The van der Waals surface area contributed by atoms with Crippen LogP contribution in [0, 0.1) is 10.1 Å². The average Bonchev–Trinajstić information content (AvgIpc) is 3.03. The van der Waals surface area contributed by atoms with Crippen LogP contribution >= 0.6 is 0 Å². The van der Waals surface area contributed by atoms with Crippen molar-refractivity contribution < 1.29 is 9.72 Å². The van der Waals surface area contributed by atoms with Gasteiger partial charge in [0.25, 0.3) is 11.6 Å². The summed E-state index contributed by atoms with van der Waals surface area (Å²) in [7, 11) is 0. The van der Waals surface area contributed by atoms with E-state index in [-0.39, 0.29) is 11.6 Å². The maximum Gasteiger partial charge on any atom is 0.270 e. The molecule has 1 aliphatic rings. The molecule has 0 fully saturated rings. The van der Waals surface area contributed by atoms with Gasteiger partial charge in [0.1, 0.15) is 0 Å². The number of aromatic amines is 1. The topological polar surface area (TPSA) is 101 Å². The summed E-state index contributed by atoms with van der Waals surface area (Å²) in [6, 6.07) is 4.31. The number of aromatic nitrogens is 2. The van der Waals surface area contributed by atoms with Gasteiger partial charge in [0.2, 0.25) is 0 Å². The van der Waals surface area contributed by atoms with Crippen LogP contribution in [0.1, 0.15) is 18.2 Å². The minimum Gasteiger partial charge on any atom is -0.345 e. The molecule has 0 aliphatic carbocycles. The van der Waals surface area contributed by atoms with Gasteiger partial charge in [0.15, 0.2) is 0 Å². The number of amides is 1. The largest absolute Gasteiger partial charge is 0.345 e. The number of hydrogen-bond acceptors (Lipinski definition) is 4. The second-order valence-corrected chi connectivity index (χ2v) is 4.41. The third-order valence-corrected chi connectivity index (χ3v) is 3.24. The molecule has 3 rings (SSSR count). The summed E-state index contributed by atoms with van der Waals surface area (Å²) in [5.41, 5.74) is 2.89. The summed E-state index contributed by atoms with van der Waals surface area (Å²) in [5, 5.41) is 13.6. The zero-order valence-electron chi connectivity index (χ0n) is 10.5. The lowest BCUT2D eigenvalue weighted by atomic mass is 10.00. The third kappa shape index (κ3) is 1.76. The number of carbonyl (C=O) groups excluding carboxylic acids is 1. The van der Waals surface area contributed by atoms with Gasteiger partial charge in [-0.3, -0.25) is 14.9 Å². The van der Waals surface area contributed by atoms with Crippen molar-refractivity contribution in [3.8, 4) is 0 Å². The SMILES string of the molecule is CC(=C1C(=O)Nc2ccc([N+](=O)[O-])cc21)c1cnc[nH]1. The standard InChI is InChI=1S/C13H10N4O3/c1-7(11-5-14-6-15-11)12-9-4-8(17(19)20)2-3-10(9)16-13(12)18/h2-6H,1H3,(H,14,15)(H,16,18). The van der Waals surface area contributed by atoms with Gasteiger partial charge in [-0.15, -0.1) is 0 Å². The Morgan fingerprint density at radius 1 is 1.40 bits per heavy atom. The van der Waals surface area contributed by atoms with Gasteiger partial charge < -0.3 is 10.3 Å². The number of allylic oxidation sites excluding steroid dienone is 1. The molecule has 100 valence electrons. The number of nitro benzene ring substituents is 1. The summed E-state index contributed by atoms with van der Waals surface area (Å²) in [6.45, 7) is 1.77. The smallest absolute Gasteiger partial charge is 0.270 e. The van der Waals surface area contributed by atoms with E-state index in [4.69, 9.17) is 0 Å². The number of anilines is 1. The van der Waals surface area contributed by atoms with Crippen LogP contribution in [0.15, 0.2) is 30.7 Å². The number of non-ortho nitro benzene ring substituents is 1. The van der Waals surface area contributed by atoms with E-state index in [1.807, 2.05) is 0 Å². The Morgan fingerprint density at radius 3 is 2.85 bits per heavy atom. The molecule has 2 aromatic rings. The van der Waals surface area contributed by atoms with E-state index in [9.17, 15) is 14.9 Å². The Kier molecular flexibility index (Phi) is 2.60. The highest BCUT2D eigenvalue weighted by atomic mass is 16.6. The van der Waals surface area contributed by atoms with Crippen LogP contribution in [0.4, 0.5) is 11.4 Å². The molecule has 0 saturated heterocycles. The second-order valence-electron chi connectivity index (χ2n) is 4.41. The molecule has 0 radical (unpaired) electrons. The van der Waals surface area contributed by atoms with Crippen molar-refractivity contribution >= 4 is 28.4 Å². The quantitative estimate of drug-likeness (QED) is 0.496. The van der Waals surface area contributed by atoms with E-state index < -0.39 is 4.92 Å². The van der Waals surface area contributed by atoms with Gasteiger partial charge in [0, 0.05) is 23.4 Å². The van der Waals surface area contributed by atoms with Crippen molar-refractivity contribution in [2.45, 2.75) is 6.92 Å². The highest BCUT2D eigenvalue weighted by molar-refractivity contribution is 6.36. The van der Waals surface area contributed by atoms with Crippen LogP contribution in [-0.4, -0.2) is 20.8 Å². The minimum absolute atomic E-state index is 0.0461. The van der Waals surface area contributed by atoms with Gasteiger partial charge in [-0.25, -0.2) is 4.98 Å². The maximum absolute atomic E-state index is 12.1. The number of nitrogens with zero attached hydrogens (tertiary/aromatic N) is 2. The zero-order valence-corrected chi connectivity index (χ0v) is 10.5. The van der Waals surface area contributed by atoms with Crippen molar-refractivity contribution in [2.24, 2.45) is 0 Å². The molecule has 7 heteroatoms. The summed E-state index contributed by atoms with van der Waals surface area (Å²) in [5.74, 6) is -0.271. The molecule has 0 saturated carbocycles. The lowest BCUT2D eigenvalue weighted by Crippen LogP contribution is -2.05. The first-order valence-electron chi connectivity index (χ1n) is 5.87. The van der Waals surface area contributed by atoms with E-state index >= 15 is 0 Å². The van der Waals surface area contributed by atoms with Crippen LogP contribution in [0.5, 0.6) is 0 Å². The molecule has 0 unspecified atom stereocenters. The molecule has 20 heavy (non-hydrogen) atoms. The number of rotatable bonds is 2. The van der Waals surface area contributed by atoms with E-state index in [0.717, 1.165) is 0 Å². The fourth-order valence-electron chi connectivity index (χ4n) is 2.24. The predicted octanol–water partition coefficient (Wildman–Crippen LogP) is 2.20. The predicted molar refractivity (Wildman–Crippen MR) is 72.8 cm³/mol. The Balaban J connectivity index is 2.21. The first-order valence-corrected chi connectivity index (χ1v) is 5.87. The monoisotopic (exact) mass is 270 g/mol. The molecule has 0 spiro atoms. The van der Waals surface area contributed by atoms with Crippen molar-refractivity contribution in [3.63, 3.8) is 0 Å². The Hall–Kier alpha value is -2.96. The van der Waals surface area contributed by atoms with Crippen molar-refractivity contribution in [2.75, 3.05) is 5.32 Å². The van der Waals surface area contributed by atoms with Crippen LogP contribution in [-0.2, 0) is 4.79 Å². The number of benzene rings is 1. The third-order valence-electron chi connectivity index (χ3n) is 3.24. The van der Waals surface area contributed by atoms with Gasteiger partial charge >= 0.3 is 0 Å². The number of carbonyl (C=O) groups is 1. The molecule has 7 nitrogen and oxygen atoms in total. The summed E-state index contributed by atoms with van der Waals surface area (Å²) >= 11 is 0. The molecule has 1 amide bonds. The van der Waals surface area contributed by atoms with Gasteiger partial charge in [-0.05, 0) is 18.6 Å². The van der Waals surface area contributed by atoms with E-state index in [1.165, 1.54) is 18.5 Å². The Labute approximate surface area is 113 Å². The number of fused-ring (bicyclic) bond motifs is 1. The number of nitro groups is 1. The van der Waals surface area contributed by atoms with Gasteiger partial charge in [-0.2, -0.15) is 0 Å². The fourth-order valence-corrected chi connectivity index (χ4v) is 2.24. The first-order chi connectivity index (χ1) is 9.58. The average molecular weight is 270 g/mol. The lowest BCUT2D eigenvalue weighted by molar-refractivity contribution is -0.384. The molecule has 1 aromatic carbocycles. The van der Waals surface area contributed by atoms with E-state index in [0.29, 0.717) is 28.1 Å². The Bertz CT molecular complexity index is 747. The zero-order chi connectivity index (χ0) is 14.3. The Morgan fingerprint density at radius 2 is 2.20 bits per heavy atom. The molecular weight excluding hydrogens is 260 g/mol. The lowest BCUT2D eigenvalue weighted by Gasteiger charge is -2.03. The van der Waals surface area contributed by atoms with E-state index in [2.05, 4.69) is 15.3 Å². The second kappa shape index (κ2) is 4.30. The van der Waals surface area contributed by atoms with Crippen LogP contribution in [0.3, 0.4) is 0 Å². The molecule has 2 heterocycles. The highest BCUT2D eigenvalue weighted by Gasteiger charge is 2.28. The number of nitrogens with one attached hydrogen (secondary N) is 2. The summed E-state index contributed by atoms with van der Waals surface area (Å²) in [4.78, 5) is 29.3. The normalized spacial score (nSPS) is 15.8. The molecule has 2 N–H and O–H groups in total. The van der Waals surface area contributed by atoms with Crippen LogP contribution in [0.2, 0.25) is 0 Å². The molecule has 0 bridgehead atoms. The summed E-state index contributed by atoms with van der Waals surface area (Å²) < 4.78 is 0. The van der Waals surface area contributed by atoms with E-state index in [1.54, 1.807) is 19.2 Å². The van der Waals surface area contributed by atoms with Gasteiger partial charge in [-0.1, -0.05) is 0 Å². The summed E-state index contributed by atoms with van der Waals surface area (Å²) in [6.07, 6.45) is 3.12. The number of imidazole rings is 1.